The second kappa shape index (κ2) is 51.2. The highest BCUT2D eigenvalue weighted by Gasteiger charge is 2.18. The van der Waals surface area contributed by atoms with Gasteiger partial charge >= 0.3 is 5.97 Å². The fraction of sp³-hybridized carbons (Fsp3) is 0.786. The van der Waals surface area contributed by atoms with E-state index in [1.165, 1.54) is 161 Å². The summed E-state index contributed by atoms with van der Waals surface area (Å²) in [6.07, 6.45) is 65.2. The molecule has 2 unspecified atom stereocenters. The zero-order valence-corrected chi connectivity index (χ0v) is 40.8. The largest absolute Gasteiger partial charge is 0.466 e. The SMILES string of the molecule is CCC/C=C\C/C=C\CCCCCCCC(=O)OCCCCCCCCCCC/C=C\C/C=C\CCCCCCCCCC(=O)NC(CO)C(O)/C=C/CCCCCCCCC. The van der Waals surface area contributed by atoms with Crippen LogP contribution >= 0.6 is 0 Å². The number of aliphatic hydroxyl groups excluding tert-OH is 2. The predicted octanol–water partition coefficient (Wildman–Crippen LogP) is 16.0. The minimum Gasteiger partial charge on any atom is -0.466 e. The molecule has 360 valence electrons. The Morgan fingerprint density at radius 2 is 0.839 bits per heavy atom. The molecule has 0 aliphatic rings. The number of carbonyl (C=O) groups is 2. The Morgan fingerprint density at radius 3 is 1.29 bits per heavy atom. The Bertz CT molecular complexity index is 1090. The molecule has 2 atom stereocenters. The molecule has 6 nitrogen and oxygen atoms in total. The third-order valence-electron chi connectivity index (χ3n) is 11.7. The van der Waals surface area contributed by atoms with Crippen molar-refractivity contribution >= 4 is 11.9 Å². The summed E-state index contributed by atoms with van der Waals surface area (Å²) in [5.74, 6) is -0.0932. The Balaban J connectivity index is 3.47. The van der Waals surface area contributed by atoms with Gasteiger partial charge in [0, 0.05) is 12.8 Å². The quantitative estimate of drug-likeness (QED) is 0.0322. The summed E-state index contributed by atoms with van der Waals surface area (Å²) >= 11 is 0. The summed E-state index contributed by atoms with van der Waals surface area (Å²) < 4.78 is 5.45. The Kier molecular flexibility index (Phi) is 49.2. The molecule has 3 N–H and O–H groups in total. The molecule has 0 aromatic rings. The fourth-order valence-electron chi connectivity index (χ4n) is 7.64. The molecular formula is C56H101NO5. The molecule has 0 rings (SSSR count). The van der Waals surface area contributed by atoms with Gasteiger partial charge in [0.1, 0.15) is 0 Å². The molecule has 1 amide bonds. The molecule has 0 aromatic carbocycles. The average Bonchev–Trinajstić information content (AvgIpc) is 3.27. The van der Waals surface area contributed by atoms with E-state index < -0.39 is 12.1 Å². The van der Waals surface area contributed by atoms with Crippen LogP contribution in [0.4, 0.5) is 0 Å². The first-order valence-electron chi connectivity index (χ1n) is 26.6. The molecule has 62 heavy (non-hydrogen) atoms. The van der Waals surface area contributed by atoms with Gasteiger partial charge in [-0.15, -0.1) is 0 Å². The predicted molar refractivity (Wildman–Crippen MR) is 268 cm³/mol. The molecule has 0 aromatic heterocycles. The highest BCUT2D eigenvalue weighted by Crippen LogP contribution is 2.14. The van der Waals surface area contributed by atoms with Crippen LogP contribution in [-0.2, 0) is 14.3 Å². The van der Waals surface area contributed by atoms with Gasteiger partial charge < -0.3 is 20.3 Å². The molecule has 0 aliphatic heterocycles. The molecule has 0 saturated carbocycles. The maximum Gasteiger partial charge on any atom is 0.305 e. The lowest BCUT2D eigenvalue weighted by Crippen LogP contribution is -2.45. The van der Waals surface area contributed by atoms with Gasteiger partial charge in [0.05, 0.1) is 25.4 Å². The van der Waals surface area contributed by atoms with Gasteiger partial charge in [0.25, 0.3) is 0 Å². The summed E-state index contributed by atoms with van der Waals surface area (Å²) in [5, 5.41) is 22.9. The molecule has 0 fully saturated rings. The molecule has 0 bridgehead atoms. The Hall–Kier alpha value is -2.44. The first-order valence-corrected chi connectivity index (χ1v) is 26.6. The van der Waals surface area contributed by atoms with Crippen LogP contribution in [0.2, 0.25) is 0 Å². The van der Waals surface area contributed by atoms with Crippen LogP contribution in [0.15, 0.2) is 60.8 Å². The summed E-state index contributed by atoms with van der Waals surface area (Å²) in [4.78, 5) is 24.4. The zero-order valence-electron chi connectivity index (χ0n) is 40.8. The van der Waals surface area contributed by atoms with E-state index in [2.05, 4.69) is 67.8 Å². The maximum absolute atomic E-state index is 12.4. The number of allylic oxidation sites excluding steroid dienone is 9. The molecule has 0 saturated heterocycles. The third-order valence-corrected chi connectivity index (χ3v) is 11.7. The fourth-order valence-corrected chi connectivity index (χ4v) is 7.64. The second-order valence-corrected chi connectivity index (χ2v) is 17.8. The van der Waals surface area contributed by atoms with Crippen LogP contribution in [-0.4, -0.2) is 47.4 Å². The van der Waals surface area contributed by atoms with Crippen LogP contribution in [0.1, 0.15) is 258 Å². The van der Waals surface area contributed by atoms with E-state index in [4.69, 9.17) is 4.74 Å². The van der Waals surface area contributed by atoms with Crippen LogP contribution < -0.4 is 5.32 Å². The van der Waals surface area contributed by atoms with E-state index in [1.54, 1.807) is 6.08 Å². The number of amides is 1. The van der Waals surface area contributed by atoms with Crippen molar-refractivity contribution in [2.45, 2.75) is 270 Å². The van der Waals surface area contributed by atoms with Gasteiger partial charge in [0.2, 0.25) is 5.91 Å². The van der Waals surface area contributed by atoms with E-state index in [1.807, 2.05) is 6.08 Å². The second-order valence-electron chi connectivity index (χ2n) is 17.8. The first-order chi connectivity index (χ1) is 30.5. The molecule has 6 heteroatoms. The molecule has 0 heterocycles. The first kappa shape index (κ1) is 59.6. The van der Waals surface area contributed by atoms with Crippen molar-refractivity contribution in [1.82, 2.24) is 5.32 Å². The van der Waals surface area contributed by atoms with Gasteiger partial charge in [-0.1, -0.05) is 216 Å². The molecule has 0 aliphatic carbocycles. The number of aliphatic hydroxyl groups is 2. The molecular weight excluding hydrogens is 767 g/mol. The minimum atomic E-state index is -0.850. The van der Waals surface area contributed by atoms with Crippen LogP contribution in [0.3, 0.4) is 0 Å². The van der Waals surface area contributed by atoms with E-state index in [0.29, 0.717) is 19.4 Å². The normalized spacial score (nSPS) is 13.2. The van der Waals surface area contributed by atoms with Crippen LogP contribution in [0.5, 0.6) is 0 Å². The van der Waals surface area contributed by atoms with Crippen LogP contribution in [0.25, 0.3) is 0 Å². The molecule has 0 radical (unpaired) electrons. The van der Waals surface area contributed by atoms with Gasteiger partial charge in [-0.05, 0) is 89.9 Å². The number of esters is 1. The monoisotopic (exact) mass is 868 g/mol. The van der Waals surface area contributed by atoms with E-state index >= 15 is 0 Å². The van der Waals surface area contributed by atoms with Crippen molar-refractivity contribution in [2.24, 2.45) is 0 Å². The van der Waals surface area contributed by atoms with Crippen LogP contribution in [0, 0.1) is 0 Å². The number of nitrogens with one attached hydrogen (secondary N) is 1. The van der Waals surface area contributed by atoms with Gasteiger partial charge in [0.15, 0.2) is 0 Å². The van der Waals surface area contributed by atoms with Gasteiger partial charge in [-0.2, -0.15) is 0 Å². The van der Waals surface area contributed by atoms with Crippen molar-refractivity contribution < 1.29 is 24.5 Å². The maximum atomic E-state index is 12.4. The number of hydrogen-bond donors (Lipinski definition) is 3. The summed E-state index contributed by atoms with van der Waals surface area (Å²) in [6.45, 7) is 4.78. The Morgan fingerprint density at radius 1 is 0.452 bits per heavy atom. The van der Waals surface area contributed by atoms with Crippen molar-refractivity contribution in [2.75, 3.05) is 13.2 Å². The summed E-state index contributed by atoms with van der Waals surface area (Å²) in [7, 11) is 0. The minimum absolute atomic E-state index is 0.0102. The number of unbranched alkanes of at least 4 members (excludes halogenated alkanes) is 29. The van der Waals surface area contributed by atoms with E-state index in [9.17, 15) is 19.8 Å². The number of carbonyl (C=O) groups excluding carboxylic acids is 2. The average molecular weight is 868 g/mol. The number of hydrogen-bond acceptors (Lipinski definition) is 5. The van der Waals surface area contributed by atoms with Gasteiger partial charge in [-0.3, -0.25) is 9.59 Å². The van der Waals surface area contributed by atoms with Crippen molar-refractivity contribution in [1.29, 1.82) is 0 Å². The summed E-state index contributed by atoms with van der Waals surface area (Å²) in [6, 6.07) is -0.634. The van der Waals surface area contributed by atoms with Crippen molar-refractivity contribution in [3.8, 4) is 0 Å². The highest BCUT2D eigenvalue weighted by atomic mass is 16.5. The zero-order chi connectivity index (χ0) is 45.1. The van der Waals surface area contributed by atoms with E-state index in [0.717, 1.165) is 70.6 Å². The highest BCUT2D eigenvalue weighted by molar-refractivity contribution is 5.76. The smallest absolute Gasteiger partial charge is 0.305 e. The lowest BCUT2D eigenvalue weighted by Gasteiger charge is -2.20. The van der Waals surface area contributed by atoms with E-state index in [-0.39, 0.29) is 18.5 Å². The molecule has 0 spiro atoms. The summed E-state index contributed by atoms with van der Waals surface area (Å²) in [5.41, 5.74) is 0. The van der Waals surface area contributed by atoms with Crippen molar-refractivity contribution in [3.05, 3.63) is 60.8 Å². The topological polar surface area (TPSA) is 95.9 Å². The Labute approximate surface area is 384 Å². The third kappa shape index (κ3) is 47.0. The lowest BCUT2D eigenvalue weighted by molar-refractivity contribution is -0.143. The van der Waals surface area contributed by atoms with Gasteiger partial charge in [-0.25, -0.2) is 0 Å². The lowest BCUT2D eigenvalue weighted by atomic mass is 10.1. The number of ether oxygens (including phenoxy) is 1. The number of rotatable bonds is 48. The van der Waals surface area contributed by atoms with Crippen molar-refractivity contribution in [3.63, 3.8) is 0 Å². The standard InChI is InChI=1S/C56H101NO5/c1-3-5-7-9-11-13-14-26-30-34-38-42-46-50-56(61)62-51-47-43-39-35-31-28-25-23-21-19-17-15-16-18-20-22-24-27-29-33-37-41-45-49-55(60)57-53(52-58)54(59)48-44-40-36-32-12-10-8-6-4-2/h7,9,13-15,17-18,20,44,48,53-54,58-59H,3-6,8,10-12,16,19,21-43,45-47,49-52H2,1-2H3,(H,57,60)/b9-7-,14-13-,17-15-,20-18-,48-44+.